The van der Waals surface area contributed by atoms with Gasteiger partial charge in [0.15, 0.2) is 0 Å². The highest BCUT2D eigenvalue weighted by Gasteiger charge is 2.56. The molecule has 2 heterocycles. The lowest BCUT2D eigenvalue weighted by Gasteiger charge is -2.42. The average Bonchev–Trinajstić information content (AvgIpc) is 3.28. The van der Waals surface area contributed by atoms with Gasteiger partial charge in [-0.3, -0.25) is 14.0 Å². The zero-order chi connectivity index (χ0) is 25.0. The summed E-state index contributed by atoms with van der Waals surface area (Å²) in [6.45, 7) is 7.09. The van der Waals surface area contributed by atoms with Crippen molar-refractivity contribution in [1.82, 2.24) is 19.6 Å². The van der Waals surface area contributed by atoms with Gasteiger partial charge in [-0.15, -0.1) is 0 Å². The normalized spacial score (nSPS) is 29.5. The second-order valence-corrected chi connectivity index (χ2v) is 12.5. The fourth-order valence-corrected chi connectivity index (χ4v) is 7.17. The number of carbonyl (C=O) groups excluding carboxylic acids is 2. The predicted octanol–water partition coefficient (Wildman–Crippen LogP) is 3.69. The molecule has 3 saturated carbocycles. The number of nitrogens with zero attached hydrogens (tertiary/aromatic N) is 3. The number of fused-ring (bicyclic) bond motifs is 2. The molecule has 0 aliphatic heterocycles. The Kier molecular flexibility index (Phi) is 6.19. The molecule has 2 aromatic rings. The number of pyridine rings is 1. The van der Waals surface area contributed by atoms with Crippen LogP contribution in [0.5, 0.6) is 0 Å². The Morgan fingerprint density at radius 2 is 2.03 bits per heavy atom. The standard InChI is InChI=1S/C28H40N4O3/c1-18-10-19-11-20-14-28(13-18,15-22(19)20)17-29-26(34)23-6-5-7-24-30-21(16-32(23)24)12-25(33)31(4)9-8-27(2,3)35/h5-7,16,18-20,22,35H,8-15,17H2,1-4H3,(H,29,34). The van der Waals surface area contributed by atoms with Crippen LogP contribution in [0.15, 0.2) is 24.4 Å². The summed E-state index contributed by atoms with van der Waals surface area (Å²) in [5, 5.41) is 13.2. The smallest absolute Gasteiger partial charge is 0.268 e. The number of amides is 2. The van der Waals surface area contributed by atoms with Crippen molar-refractivity contribution in [3.63, 3.8) is 0 Å². The lowest BCUT2D eigenvalue weighted by molar-refractivity contribution is -0.129. The Hall–Kier alpha value is -2.41. The summed E-state index contributed by atoms with van der Waals surface area (Å²) in [5.74, 6) is 3.29. The summed E-state index contributed by atoms with van der Waals surface area (Å²) in [6, 6.07) is 5.54. The molecule has 3 aliphatic carbocycles. The Morgan fingerprint density at radius 1 is 1.23 bits per heavy atom. The zero-order valence-corrected chi connectivity index (χ0v) is 21.6. The van der Waals surface area contributed by atoms with Crippen molar-refractivity contribution in [2.24, 2.45) is 29.1 Å². The van der Waals surface area contributed by atoms with E-state index in [2.05, 4.69) is 17.2 Å². The molecule has 3 aliphatic rings. The van der Waals surface area contributed by atoms with E-state index in [4.69, 9.17) is 0 Å². The first-order chi connectivity index (χ1) is 16.5. The maximum Gasteiger partial charge on any atom is 0.268 e. The third-order valence-electron chi connectivity index (χ3n) is 8.88. The largest absolute Gasteiger partial charge is 0.390 e. The minimum atomic E-state index is -0.811. The van der Waals surface area contributed by atoms with Crippen molar-refractivity contribution >= 4 is 17.5 Å². The molecule has 7 nitrogen and oxygen atoms in total. The van der Waals surface area contributed by atoms with Crippen LogP contribution in [0.25, 0.3) is 5.65 Å². The Bertz CT molecular complexity index is 1120. The number of nitrogens with one attached hydrogen (secondary N) is 1. The molecule has 5 rings (SSSR count). The lowest BCUT2D eigenvalue weighted by atomic mass is 9.63. The van der Waals surface area contributed by atoms with Gasteiger partial charge in [-0.05, 0) is 93.6 Å². The summed E-state index contributed by atoms with van der Waals surface area (Å²) in [6.07, 6.45) is 8.99. The van der Waals surface area contributed by atoms with Gasteiger partial charge in [-0.25, -0.2) is 4.98 Å². The molecule has 5 atom stereocenters. The highest BCUT2D eigenvalue weighted by Crippen LogP contribution is 2.64. The molecular formula is C28H40N4O3. The number of hydrogen-bond donors (Lipinski definition) is 2. The molecule has 5 unspecified atom stereocenters. The summed E-state index contributed by atoms with van der Waals surface area (Å²) in [7, 11) is 1.74. The van der Waals surface area contributed by atoms with Gasteiger partial charge in [-0.2, -0.15) is 0 Å². The van der Waals surface area contributed by atoms with Crippen molar-refractivity contribution in [2.45, 2.75) is 71.3 Å². The highest BCUT2D eigenvalue weighted by molar-refractivity contribution is 5.93. The summed E-state index contributed by atoms with van der Waals surface area (Å²) < 4.78 is 1.80. The number of hydrogen-bond acceptors (Lipinski definition) is 4. The first-order valence-corrected chi connectivity index (χ1v) is 13.2. The van der Waals surface area contributed by atoms with Crippen molar-refractivity contribution in [3.8, 4) is 0 Å². The van der Waals surface area contributed by atoms with Crippen LogP contribution in [0.4, 0.5) is 0 Å². The van der Waals surface area contributed by atoms with Crippen LogP contribution in [0.1, 0.15) is 75.5 Å². The monoisotopic (exact) mass is 480 g/mol. The van der Waals surface area contributed by atoms with E-state index in [1.165, 1.54) is 32.1 Å². The second kappa shape index (κ2) is 8.91. The number of carbonyl (C=O) groups is 2. The SMILES string of the molecule is CC1CC2CC3CC(CNC(=O)c4cccc5nc(CC(=O)N(C)CCC(C)(C)O)cn45)(C1)CC23. The third kappa shape index (κ3) is 4.97. The lowest BCUT2D eigenvalue weighted by Crippen LogP contribution is -2.38. The van der Waals surface area contributed by atoms with E-state index in [9.17, 15) is 14.7 Å². The van der Waals surface area contributed by atoms with Gasteiger partial charge in [0.1, 0.15) is 11.3 Å². The van der Waals surface area contributed by atoms with Gasteiger partial charge in [0.25, 0.3) is 5.91 Å². The maximum absolute atomic E-state index is 13.3. The van der Waals surface area contributed by atoms with Gasteiger partial charge < -0.3 is 15.3 Å². The topological polar surface area (TPSA) is 86.9 Å². The summed E-state index contributed by atoms with van der Waals surface area (Å²) in [5.41, 5.74) is 1.31. The minimum Gasteiger partial charge on any atom is -0.390 e. The van der Waals surface area contributed by atoms with Crippen molar-refractivity contribution in [2.75, 3.05) is 20.1 Å². The van der Waals surface area contributed by atoms with E-state index in [-0.39, 0.29) is 23.7 Å². The van der Waals surface area contributed by atoms with Crippen molar-refractivity contribution < 1.29 is 14.7 Å². The molecule has 2 aromatic heterocycles. The maximum atomic E-state index is 13.3. The molecule has 2 N–H and O–H groups in total. The van der Waals surface area contributed by atoms with Crippen LogP contribution < -0.4 is 5.32 Å². The van der Waals surface area contributed by atoms with Gasteiger partial charge >= 0.3 is 0 Å². The van der Waals surface area contributed by atoms with Gasteiger partial charge in [0, 0.05) is 26.3 Å². The van der Waals surface area contributed by atoms with E-state index >= 15 is 0 Å². The molecular weight excluding hydrogens is 440 g/mol. The molecule has 7 heteroatoms. The Balaban J connectivity index is 1.25. The van der Waals surface area contributed by atoms with E-state index in [0.717, 1.165) is 30.2 Å². The summed E-state index contributed by atoms with van der Waals surface area (Å²) >= 11 is 0. The van der Waals surface area contributed by atoms with E-state index < -0.39 is 5.60 Å². The van der Waals surface area contributed by atoms with Crippen LogP contribution in [-0.4, -0.2) is 56.9 Å². The van der Waals surface area contributed by atoms with E-state index in [0.29, 0.717) is 30.0 Å². The van der Waals surface area contributed by atoms with Gasteiger partial charge in [0.05, 0.1) is 17.7 Å². The molecule has 35 heavy (non-hydrogen) atoms. The first kappa shape index (κ1) is 24.3. The first-order valence-electron chi connectivity index (χ1n) is 13.2. The third-order valence-corrected chi connectivity index (χ3v) is 8.88. The molecule has 3 fully saturated rings. The molecule has 2 amide bonds. The second-order valence-electron chi connectivity index (χ2n) is 12.5. The molecule has 0 radical (unpaired) electrons. The van der Waals surface area contributed by atoms with E-state index in [1.807, 2.05) is 18.2 Å². The van der Waals surface area contributed by atoms with Crippen molar-refractivity contribution in [3.05, 3.63) is 35.8 Å². The highest BCUT2D eigenvalue weighted by atomic mass is 16.3. The molecule has 0 spiro atoms. The quantitative estimate of drug-likeness (QED) is 0.603. The molecule has 2 bridgehead atoms. The van der Waals surface area contributed by atoms with Crippen LogP contribution in [0.2, 0.25) is 0 Å². The van der Waals surface area contributed by atoms with Crippen LogP contribution >= 0.6 is 0 Å². The van der Waals surface area contributed by atoms with Gasteiger partial charge in [0.2, 0.25) is 5.91 Å². The van der Waals surface area contributed by atoms with Crippen LogP contribution in [-0.2, 0) is 11.2 Å². The molecule has 0 saturated heterocycles. The Labute approximate surface area is 208 Å². The van der Waals surface area contributed by atoms with E-state index in [1.54, 1.807) is 36.4 Å². The zero-order valence-electron chi connectivity index (χ0n) is 21.6. The fraction of sp³-hybridized carbons (Fsp3) is 0.679. The summed E-state index contributed by atoms with van der Waals surface area (Å²) in [4.78, 5) is 32.2. The van der Waals surface area contributed by atoms with Crippen molar-refractivity contribution in [1.29, 1.82) is 0 Å². The fourth-order valence-electron chi connectivity index (χ4n) is 7.17. The molecule has 190 valence electrons. The number of imidazole rings is 1. The van der Waals surface area contributed by atoms with Crippen LogP contribution in [0.3, 0.4) is 0 Å². The van der Waals surface area contributed by atoms with Crippen LogP contribution in [0, 0.1) is 29.1 Å². The van der Waals surface area contributed by atoms with Gasteiger partial charge in [-0.1, -0.05) is 13.0 Å². The number of aliphatic hydroxyl groups is 1. The number of likely N-dealkylation sites (N-methyl/N-ethyl adjacent to an activating group) is 1. The minimum absolute atomic E-state index is 0.0561. The number of aromatic nitrogens is 2. The average molecular weight is 481 g/mol. The molecule has 0 aromatic carbocycles. The predicted molar refractivity (Wildman–Crippen MR) is 135 cm³/mol. The Morgan fingerprint density at radius 3 is 2.80 bits per heavy atom. The number of rotatable bonds is 8.